The highest BCUT2D eigenvalue weighted by atomic mass is 16.5. The third kappa shape index (κ3) is 2.65. The van der Waals surface area contributed by atoms with Crippen LogP contribution in [-0.2, 0) is 0 Å². The molecular formula is C15H17N5O. The summed E-state index contributed by atoms with van der Waals surface area (Å²) in [5, 5.41) is 4.15. The average Bonchev–Trinajstić information content (AvgIpc) is 2.77. The van der Waals surface area contributed by atoms with E-state index in [0.29, 0.717) is 5.78 Å². The first-order chi connectivity index (χ1) is 10.0. The summed E-state index contributed by atoms with van der Waals surface area (Å²) in [6.07, 6.45) is 1.48. The first kappa shape index (κ1) is 13.4. The minimum Gasteiger partial charge on any atom is -0.484 e. The number of aryl methyl sites for hydroxylation is 2. The van der Waals surface area contributed by atoms with Crippen molar-refractivity contribution in [1.29, 1.82) is 0 Å². The molecule has 0 unspecified atom stereocenters. The molecule has 0 spiro atoms. The van der Waals surface area contributed by atoms with Gasteiger partial charge in [-0.05, 0) is 50.1 Å². The Kier molecular flexibility index (Phi) is 3.21. The van der Waals surface area contributed by atoms with Crippen LogP contribution >= 0.6 is 0 Å². The number of ether oxygens (including phenoxy) is 1. The molecular weight excluding hydrogens is 266 g/mol. The van der Waals surface area contributed by atoms with Crippen LogP contribution in [0.15, 0.2) is 30.5 Å². The minimum atomic E-state index is -0.196. The lowest BCUT2D eigenvalue weighted by atomic mass is 10.1. The second-order valence-electron chi connectivity index (χ2n) is 5.14. The van der Waals surface area contributed by atoms with E-state index >= 15 is 0 Å². The standard InChI is InChI=1S/C15H17N5O/c1-9-6-10(2)8-12(7-9)21-11(3)13-4-5-17-15-18-14(16)19-20(13)15/h4-8,11H,1-3H3,(H2,16,19)/t11-/m1/s1. The second kappa shape index (κ2) is 5.05. The highest BCUT2D eigenvalue weighted by Gasteiger charge is 2.14. The number of rotatable bonds is 3. The average molecular weight is 283 g/mol. The van der Waals surface area contributed by atoms with Crippen LogP contribution in [0.25, 0.3) is 5.78 Å². The maximum atomic E-state index is 6.02. The van der Waals surface area contributed by atoms with Gasteiger partial charge in [-0.15, -0.1) is 5.10 Å². The summed E-state index contributed by atoms with van der Waals surface area (Å²) in [6.45, 7) is 6.06. The van der Waals surface area contributed by atoms with E-state index in [4.69, 9.17) is 10.5 Å². The lowest BCUT2D eigenvalue weighted by Gasteiger charge is -2.16. The molecule has 0 bridgehead atoms. The number of nitrogens with two attached hydrogens (primary N) is 1. The molecule has 2 aromatic heterocycles. The molecule has 21 heavy (non-hydrogen) atoms. The van der Waals surface area contributed by atoms with Gasteiger partial charge in [0.2, 0.25) is 5.95 Å². The number of fused-ring (bicyclic) bond motifs is 1. The fourth-order valence-electron chi connectivity index (χ4n) is 2.40. The van der Waals surface area contributed by atoms with Gasteiger partial charge in [0.05, 0.1) is 5.69 Å². The van der Waals surface area contributed by atoms with Crippen molar-refractivity contribution >= 4 is 11.7 Å². The third-order valence-electron chi connectivity index (χ3n) is 3.21. The van der Waals surface area contributed by atoms with E-state index in [1.54, 1.807) is 10.7 Å². The fourth-order valence-corrected chi connectivity index (χ4v) is 2.40. The highest BCUT2D eigenvalue weighted by molar-refractivity contribution is 5.36. The molecule has 0 radical (unpaired) electrons. The Bertz CT molecular complexity index is 776. The van der Waals surface area contributed by atoms with E-state index in [1.807, 2.05) is 39.0 Å². The number of benzene rings is 1. The normalized spacial score (nSPS) is 12.5. The number of nitrogen functional groups attached to an aromatic ring is 1. The predicted octanol–water partition coefficient (Wildman–Crippen LogP) is 2.46. The van der Waals surface area contributed by atoms with Crippen molar-refractivity contribution in [3.8, 4) is 5.75 Å². The lowest BCUT2D eigenvalue weighted by Crippen LogP contribution is -2.10. The molecule has 1 atom stereocenters. The molecule has 0 aliphatic rings. The Morgan fingerprint density at radius 3 is 2.62 bits per heavy atom. The molecule has 108 valence electrons. The van der Waals surface area contributed by atoms with Gasteiger partial charge < -0.3 is 10.5 Å². The molecule has 0 saturated heterocycles. The van der Waals surface area contributed by atoms with E-state index < -0.39 is 0 Å². The molecule has 0 amide bonds. The maximum Gasteiger partial charge on any atom is 0.254 e. The van der Waals surface area contributed by atoms with Crippen molar-refractivity contribution in [2.45, 2.75) is 26.9 Å². The fraction of sp³-hybridized carbons (Fsp3) is 0.267. The van der Waals surface area contributed by atoms with Gasteiger partial charge in [0.25, 0.3) is 5.78 Å². The van der Waals surface area contributed by atoms with E-state index in [-0.39, 0.29) is 12.1 Å². The van der Waals surface area contributed by atoms with Crippen molar-refractivity contribution in [1.82, 2.24) is 19.6 Å². The van der Waals surface area contributed by atoms with Crippen LogP contribution in [0.1, 0.15) is 29.8 Å². The van der Waals surface area contributed by atoms with Gasteiger partial charge in [-0.25, -0.2) is 4.98 Å². The predicted molar refractivity (Wildman–Crippen MR) is 80.2 cm³/mol. The zero-order chi connectivity index (χ0) is 15.0. The Morgan fingerprint density at radius 2 is 1.90 bits per heavy atom. The van der Waals surface area contributed by atoms with E-state index in [2.05, 4.69) is 21.1 Å². The largest absolute Gasteiger partial charge is 0.484 e. The van der Waals surface area contributed by atoms with Gasteiger partial charge in [0.1, 0.15) is 11.9 Å². The van der Waals surface area contributed by atoms with Gasteiger partial charge >= 0.3 is 0 Å². The summed E-state index contributed by atoms with van der Waals surface area (Å²) in [4.78, 5) is 8.19. The van der Waals surface area contributed by atoms with Crippen LogP contribution < -0.4 is 10.5 Å². The summed E-state index contributed by atoms with van der Waals surface area (Å²) in [5.41, 5.74) is 8.82. The Balaban J connectivity index is 1.95. The van der Waals surface area contributed by atoms with E-state index in [9.17, 15) is 0 Å². The Morgan fingerprint density at radius 1 is 1.19 bits per heavy atom. The maximum absolute atomic E-state index is 6.02. The summed E-state index contributed by atoms with van der Waals surface area (Å²) >= 11 is 0. The SMILES string of the molecule is Cc1cc(C)cc(O[C@H](C)c2ccnc3nc(N)nn23)c1. The van der Waals surface area contributed by atoms with Crippen LogP contribution in [0.4, 0.5) is 5.95 Å². The van der Waals surface area contributed by atoms with Gasteiger partial charge in [0.15, 0.2) is 0 Å². The molecule has 0 fully saturated rings. The van der Waals surface area contributed by atoms with Crippen molar-refractivity contribution in [3.63, 3.8) is 0 Å². The van der Waals surface area contributed by atoms with Crippen LogP contribution in [0.3, 0.4) is 0 Å². The molecule has 0 saturated carbocycles. The van der Waals surface area contributed by atoms with Gasteiger partial charge in [-0.1, -0.05) is 6.07 Å². The summed E-state index contributed by atoms with van der Waals surface area (Å²) in [5.74, 6) is 1.51. The molecule has 3 aromatic rings. The monoisotopic (exact) mass is 283 g/mol. The first-order valence-corrected chi connectivity index (χ1v) is 6.75. The zero-order valence-corrected chi connectivity index (χ0v) is 12.2. The zero-order valence-electron chi connectivity index (χ0n) is 12.2. The van der Waals surface area contributed by atoms with Crippen LogP contribution in [0.5, 0.6) is 5.75 Å². The molecule has 3 rings (SSSR count). The quantitative estimate of drug-likeness (QED) is 0.798. The van der Waals surface area contributed by atoms with E-state index in [1.165, 1.54) is 11.1 Å². The minimum absolute atomic E-state index is 0.196. The summed E-state index contributed by atoms with van der Waals surface area (Å²) in [7, 11) is 0. The van der Waals surface area contributed by atoms with Crippen molar-refractivity contribution in [2.75, 3.05) is 5.73 Å². The number of hydrogen-bond acceptors (Lipinski definition) is 5. The molecule has 0 aliphatic carbocycles. The smallest absolute Gasteiger partial charge is 0.254 e. The first-order valence-electron chi connectivity index (χ1n) is 6.75. The molecule has 6 nitrogen and oxygen atoms in total. The third-order valence-corrected chi connectivity index (χ3v) is 3.21. The van der Waals surface area contributed by atoms with Crippen LogP contribution in [0.2, 0.25) is 0 Å². The summed E-state index contributed by atoms with van der Waals surface area (Å²) < 4.78 is 7.64. The molecule has 6 heteroatoms. The van der Waals surface area contributed by atoms with E-state index in [0.717, 1.165) is 11.4 Å². The molecule has 1 aromatic carbocycles. The van der Waals surface area contributed by atoms with Crippen molar-refractivity contribution in [2.24, 2.45) is 0 Å². The van der Waals surface area contributed by atoms with Crippen LogP contribution in [-0.4, -0.2) is 19.6 Å². The molecule has 2 heterocycles. The highest BCUT2D eigenvalue weighted by Crippen LogP contribution is 2.23. The topological polar surface area (TPSA) is 78.3 Å². The van der Waals surface area contributed by atoms with Gasteiger partial charge in [-0.2, -0.15) is 9.50 Å². The second-order valence-corrected chi connectivity index (χ2v) is 5.14. The number of aromatic nitrogens is 4. The summed E-state index contributed by atoms with van der Waals surface area (Å²) in [6, 6.07) is 7.99. The van der Waals surface area contributed by atoms with Gasteiger partial charge in [-0.3, -0.25) is 0 Å². The molecule has 2 N–H and O–H groups in total. The number of nitrogens with zero attached hydrogens (tertiary/aromatic N) is 4. The number of anilines is 1. The van der Waals surface area contributed by atoms with Crippen molar-refractivity contribution in [3.05, 3.63) is 47.3 Å². The Hall–Kier alpha value is -2.63. The molecule has 0 aliphatic heterocycles. The van der Waals surface area contributed by atoms with Crippen LogP contribution in [0, 0.1) is 13.8 Å². The van der Waals surface area contributed by atoms with Crippen molar-refractivity contribution < 1.29 is 4.74 Å². The van der Waals surface area contributed by atoms with Gasteiger partial charge in [0, 0.05) is 6.20 Å². The lowest BCUT2D eigenvalue weighted by molar-refractivity contribution is 0.218. The Labute approximate surface area is 122 Å². The number of hydrogen-bond donors (Lipinski definition) is 1.